The van der Waals surface area contributed by atoms with E-state index in [1.807, 2.05) is 11.3 Å². The van der Waals surface area contributed by atoms with Crippen LogP contribution < -0.4 is 4.90 Å². The number of hydrogen-bond acceptors (Lipinski definition) is 2. The first-order valence-corrected chi connectivity index (χ1v) is 19.6. The van der Waals surface area contributed by atoms with E-state index in [-0.39, 0.29) is 0 Å². The van der Waals surface area contributed by atoms with Crippen LogP contribution in [0.15, 0.2) is 206 Å². The molecule has 0 radical (unpaired) electrons. The van der Waals surface area contributed by atoms with Crippen LogP contribution in [-0.4, -0.2) is 4.57 Å². The minimum atomic E-state index is 1.10. The third-order valence-corrected chi connectivity index (χ3v) is 12.1. The van der Waals surface area contributed by atoms with Crippen LogP contribution in [0.5, 0.6) is 0 Å². The smallest absolute Gasteiger partial charge is 0.0561 e. The van der Waals surface area contributed by atoms with Crippen LogP contribution in [0.4, 0.5) is 17.1 Å². The maximum absolute atomic E-state index is 2.40. The van der Waals surface area contributed by atoms with E-state index in [1.54, 1.807) is 0 Å². The summed E-state index contributed by atoms with van der Waals surface area (Å²) in [6, 6.07) is 75.1. The third kappa shape index (κ3) is 5.32. The highest BCUT2D eigenvalue weighted by Crippen LogP contribution is 2.44. The largest absolute Gasteiger partial charge is 0.310 e. The van der Waals surface area contributed by atoms with Crippen LogP contribution in [0.1, 0.15) is 0 Å². The Hall–Kier alpha value is -6.94. The second kappa shape index (κ2) is 12.9. The van der Waals surface area contributed by atoms with Gasteiger partial charge in [-0.15, -0.1) is 11.3 Å². The van der Waals surface area contributed by atoms with Crippen molar-refractivity contribution in [2.45, 2.75) is 0 Å². The van der Waals surface area contributed by atoms with Crippen LogP contribution in [0, 0.1) is 0 Å². The first-order chi connectivity index (χ1) is 27.3. The number of hydrogen-bond donors (Lipinski definition) is 0. The van der Waals surface area contributed by atoms with Crippen molar-refractivity contribution in [3.8, 4) is 27.9 Å². The van der Waals surface area contributed by atoms with Crippen molar-refractivity contribution in [1.82, 2.24) is 4.57 Å². The molecule has 0 amide bonds. The lowest BCUT2D eigenvalue weighted by atomic mass is 10.0. The standard InChI is InChI=1S/C52H34N2S/c1-3-13-35(14-4-1)37-17-11-20-42(31-37)53(43-29-30-46-45-21-9-10-24-49(45)54(50(46)34-43)40-18-5-2-6-19-40)41-27-25-36(26-28-41)44-22-12-23-47-48-32-38-15-7-8-16-39(38)33-51(48)55-52(44)47/h1-34H. The third-order valence-electron chi connectivity index (χ3n) is 10.9. The topological polar surface area (TPSA) is 8.17 Å². The molecule has 11 rings (SSSR count). The van der Waals surface area contributed by atoms with Gasteiger partial charge in [-0.25, -0.2) is 0 Å². The number of fused-ring (bicyclic) bond motifs is 7. The van der Waals surface area contributed by atoms with Gasteiger partial charge in [-0.1, -0.05) is 140 Å². The van der Waals surface area contributed by atoms with Gasteiger partial charge >= 0.3 is 0 Å². The Morgan fingerprint density at radius 3 is 1.84 bits per heavy atom. The lowest BCUT2D eigenvalue weighted by Crippen LogP contribution is -2.10. The van der Waals surface area contributed by atoms with E-state index >= 15 is 0 Å². The molecule has 0 aliphatic carbocycles. The van der Waals surface area contributed by atoms with Crippen LogP contribution in [0.3, 0.4) is 0 Å². The van der Waals surface area contributed by atoms with E-state index in [0.717, 1.165) is 22.7 Å². The maximum atomic E-state index is 2.40. The first kappa shape index (κ1) is 31.6. The van der Waals surface area contributed by atoms with Gasteiger partial charge in [0.2, 0.25) is 0 Å². The number of thiophene rings is 1. The van der Waals surface area contributed by atoms with Gasteiger partial charge in [0, 0.05) is 53.7 Å². The number of para-hydroxylation sites is 2. The van der Waals surface area contributed by atoms with Gasteiger partial charge in [0.1, 0.15) is 0 Å². The lowest BCUT2D eigenvalue weighted by molar-refractivity contribution is 1.18. The Bertz CT molecular complexity index is 3190. The highest BCUT2D eigenvalue weighted by atomic mass is 32.1. The predicted molar refractivity (Wildman–Crippen MR) is 237 cm³/mol. The molecule has 2 heterocycles. The molecule has 0 aliphatic heterocycles. The predicted octanol–water partition coefficient (Wildman–Crippen LogP) is 15.1. The Labute approximate surface area is 323 Å². The fraction of sp³-hybridized carbons (Fsp3) is 0. The quantitative estimate of drug-likeness (QED) is 0.166. The normalized spacial score (nSPS) is 11.6. The van der Waals surface area contributed by atoms with Gasteiger partial charge in [0.25, 0.3) is 0 Å². The molecule has 0 unspecified atom stereocenters. The molecule has 0 spiro atoms. The summed E-state index contributed by atoms with van der Waals surface area (Å²) in [6.07, 6.45) is 0. The van der Waals surface area contributed by atoms with E-state index in [0.29, 0.717) is 0 Å². The average Bonchev–Trinajstić information content (AvgIpc) is 3.79. The fourth-order valence-corrected chi connectivity index (χ4v) is 9.62. The zero-order chi connectivity index (χ0) is 36.3. The molecule has 0 fully saturated rings. The van der Waals surface area contributed by atoms with Crippen molar-refractivity contribution in [2.24, 2.45) is 0 Å². The summed E-state index contributed by atoms with van der Waals surface area (Å²) in [6.45, 7) is 0. The molecule has 0 atom stereocenters. The summed E-state index contributed by atoms with van der Waals surface area (Å²) in [5.41, 5.74) is 11.7. The number of benzene rings is 9. The Balaban J connectivity index is 1.08. The molecule has 0 N–H and O–H groups in total. The van der Waals surface area contributed by atoms with Crippen LogP contribution in [0.25, 0.3) is 80.7 Å². The molecule has 0 bridgehead atoms. The monoisotopic (exact) mass is 718 g/mol. The Morgan fingerprint density at radius 1 is 0.364 bits per heavy atom. The van der Waals surface area contributed by atoms with Crippen LogP contribution in [0.2, 0.25) is 0 Å². The van der Waals surface area contributed by atoms with Gasteiger partial charge in [-0.05, 0) is 99.8 Å². The number of aromatic nitrogens is 1. The Morgan fingerprint density at radius 2 is 1.00 bits per heavy atom. The van der Waals surface area contributed by atoms with Crippen molar-refractivity contribution in [1.29, 1.82) is 0 Å². The first-order valence-electron chi connectivity index (χ1n) is 18.8. The lowest BCUT2D eigenvalue weighted by Gasteiger charge is -2.26. The molecule has 9 aromatic carbocycles. The number of nitrogens with zero attached hydrogens (tertiary/aromatic N) is 2. The molecule has 2 nitrogen and oxygen atoms in total. The van der Waals surface area contributed by atoms with Crippen molar-refractivity contribution in [3.05, 3.63) is 206 Å². The van der Waals surface area contributed by atoms with Crippen molar-refractivity contribution >= 4 is 81.1 Å². The van der Waals surface area contributed by atoms with Gasteiger partial charge in [0.05, 0.1) is 11.0 Å². The Kier molecular flexibility index (Phi) is 7.39. The molecular weight excluding hydrogens is 685 g/mol. The van der Waals surface area contributed by atoms with Crippen LogP contribution in [-0.2, 0) is 0 Å². The molecule has 0 aliphatic rings. The summed E-state index contributed by atoms with van der Waals surface area (Å²) < 4.78 is 5.04. The number of anilines is 3. The van der Waals surface area contributed by atoms with Crippen molar-refractivity contribution < 1.29 is 0 Å². The summed E-state index contributed by atoms with van der Waals surface area (Å²) in [5, 5.41) is 7.69. The summed E-state index contributed by atoms with van der Waals surface area (Å²) in [7, 11) is 0. The fourth-order valence-electron chi connectivity index (χ4n) is 8.36. The molecule has 55 heavy (non-hydrogen) atoms. The van der Waals surface area contributed by atoms with Crippen molar-refractivity contribution in [2.75, 3.05) is 4.90 Å². The summed E-state index contributed by atoms with van der Waals surface area (Å²) in [4.78, 5) is 2.40. The van der Waals surface area contributed by atoms with Gasteiger partial charge in [-0.3, -0.25) is 0 Å². The van der Waals surface area contributed by atoms with Gasteiger partial charge in [-0.2, -0.15) is 0 Å². The SMILES string of the molecule is c1ccc(-c2cccc(N(c3ccc(-c4cccc5c4sc4cc6ccccc6cc45)cc3)c3ccc4c5ccccc5n(-c5ccccc5)c4c3)c2)cc1. The molecule has 2 aromatic heterocycles. The molecule has 258 valence electrons. The number of rotatable bonds is 6. The highest BCUT2D eigenvalue weighted by molar-refractivity contribution is 7.26. The van der Waals surface area contributed by atoms with E-state index in [4.69, 9.17) is 0 Å². The average molecular weight is 719 g/mol. The molecule has 11 aromatic rings. The zero-order valence-corrected chi connectivity index (χ0v) is 30.7. The molecule has 0 saturated heterocycles. The summed E-state index contributed by atoms with van der Waals surface area (Å²) in [5.74, 6) is 0. The van der Waals surface area contributed by atoms with E-state index in [1.165, 1.54) is 75.0 Å². The highest BCUT2D eigenvalue weighted by Gasteiger charge is 2.19. The maximum Gasteiger partial charge on any atom is 0.0561 e. The zero-order valence-electron chi connectivity index (χ0n) is 29.9. The molecular formula is C52H34N2S. The van der Waals surface area contributed by atoms with Gasteiger partial charge < -0.3 is 9.47 Å². The summed E-state index contributed by atoms with van der Waals surface area (Å²) >= 11 is 1.89. The van der Waals surface area contributed by atoms with E-state index in [2.05, 4.69) is 216 Å². The second-order valence-corrected chi connectivity index (χ2v) is 15.2. The minimum absolute atomic E-state index is 1.10. The van der Waals surface area contributed by atoms with E-state index < -0.39 is 0 Å². The minimum Gasteiger partial charge on any atom is -0.310 e. The van der Waals surface area contributed by atoms with Crippen LogP contribution >= 0.6 is 11.3 Å². The second-order valence-electron chi connectivity index (χ2n) is 14.2. The molecule has 0 saturated carbocycles. The van der Waals surface area contributed by atoms with Crippen molar-refractivity contribution in [3.63, 3.8) is 0 Å². The molecule has 3 heteroatoms. The van der Waals surface area contributed by atoms with E-state index in [9.17, 15) is 0 Å². The van der Waals surface area contributed by atoms with Gasteiger partial charge in [0.15, 0.2) is 0 Å².